The number of ether oxygens (including phenoxy) is 2. The van der Waals surface area contributed by atoms with E-state index in [9.17, 15) is 10.2 Å². The molecule has 0 aliphatic carbocycles. The van der Waals surface area contributed by atoms with Crippen molar-refractivity contribution in [1.82, 2.24) is 0 Å². The number of hydrogen-bond acceptors (Lipinski definition) is 6. The fraction of sp³-hybridized carbons (Fsp3) is 1.00. The lowest BCUT2D eigenvalue weighted by Crippen LogP contribution is -2.48. The number of rotatable bonds is 4. The minimum atomic E-state index is -1.99. The summed E-state index contributed by atoms with van der Waals surface area (Å²) in [5, 5.41) is 19.1. The van der Waals surface area contributed by atoms with Crippen molar-refractivity contribution in [2.24, 2.45) is 0 Å². The van der Waals surface area contributed by atoms with E-state index < -0.39 is 33.0 Å². The Bertz CT molecular complexity index is 190. The molecule has 0 spiro atoms. The summed E-state index contributed by atoms with van der Waals surface area (Å²) in [6.07, 6.45) is -2.37. The highest BCUT2D eigenvalue weighted by atomic mass is 31.2. The summed E-state index contributed by atoms with van der Waals surface area (Å²) in [5.74, 6) is 0. The zero-order valence-corrected chi connectivity index (χ0v) is 9.38. The van der Waals surface area contributed by atoms with Gasteiger partial charge in [-0.1, -0.05) is 0 Å². The van der Waals surface area contributed by atoms with Crippen LogP contribution < -0.4 is 0 Å². The van der Waals surface area contributed by atoms with Crippen LogP contribution in [0, 0.1) is 0 Å². The van der Waals surface area contributed by atoms with Crippen LogP contribution in [-0.4, -0.2) is 57.9 Å². The van der Waals surface area contributed by atoms with E-state index in [4.69, 9.17) is 19.3 Å². The second kappa shape index (κ2) is 6.06. The molecule has 1 rings (SSSR count). The lowest BCUT2D eigenvalue weighted by Gasteiger charge is -2.36. The molecule has 0 aromatic rings. The van der Waals surface area contributed by atoms with E-state index in [1.807, 2.05) is 0 Å². The van der Waals surface area contributed by atoms with Crippen molar-refractivity contribution in [3.63, 3.8) is 0 Å². The predicted octanol–water partition coefficient (Wildman–Crippen LogP) is -0.844. The summed E-state index contributed by atoms with van der Waals surface area (Å²) in [6, 6.07) is 0. The van der Waals surface area contributed by atoms with E-state index in [1.165, 1.54) is 7.11 Å². The smallest absolute Gasteiger partial charge is 0.165 e. The molecule has 0 radical (unpaired) electrons. The highest BCUT2D eigenvalue weighted by molar-refractivity contribution is 7.45. The molecule has 7 heteroatoms. The lowest BCUT2D eigenvalue weighted by atomic mass is 10.00. The first-order valence-corrected chi connectivity index (χ1v) is 6.17. The van der Waals surface area contributed by atoms with Crippen LogP contribution in [0.3, 0.4) is 0 Å². The van der Waals surface area contributed by atoms with Crippen LogP contribution in [0.5, 0.6) is 0 Å². The maximum atomic E-state index is 9.58. The van der Waals surface area contributed by atoms with Crippen LogP contribution in [-0.2, 0) is 9.47 Å². The Labute approximate surface area is 89.4 Å². The van der Waals surface area contributed by atoms with Crippen molar-refractivity contribution in [3.05, 3.63) is 0 Å². The van der Waals surface area contributed by atoms with Gasteiger partial charge in [0, 0.05) is 19.7 Å². The molecule has 4 atom stereocenters. The molecule has 15 heavy (non-hydrogen) atoms. The molecular formula is C8H17O6P. The Kier molecular flexibility index (Phi) is 5.35. The largest absolute Gasteiger partial charge is 0.390 e. The SMILES string of the molecule is CO[C@@H]1CC(O)[C@H](O)C(CCP(O)O)O1. The monoisotopic (exact) mass is 240 g/mol. The van der Waals surface area contributed by atoms with Gasteiger partial charge >= 0.3 is 0 Å². The Hall–Kier alpha value is 0.190. The van der Waals surface area contributed by atoms with Crippen LogP contribution in [0.15, 0.2) is 0 Å². The lowest BCUT2D eigenvalue weighted by molar-refractivity contribution is -0.242. The van der Waals surface area contributed by atoms with E-state index in [2.05, 4.69) is 0 Å². The molecule has 2 unspecified atom stereocenters. The van der Waals surface area contributed by atoms with Crippen LogP contribution in [0.25, 0.3) is 0 Å². The van der Waals surface area contributed by atoms with E-state index in [-0.39, 0.29) is 19.0 Å². The average molecular weight is 240 g/mol. The number of methoxy groups -OCH3 is 1. The zero-order chi connectivity index (χ0) is 11.4. The van der Waals surface area contributed by atoms with E-state index in [1.54, 1.807) is 0 Å². The standard InChI is InChI=1S/C8H17O6P/c1-13-7-4-5(9)8(10)6(14-7)2-3-15(11)12/h5-12H,2-4H2,1H3/t5?,6?,7-,8-/m0/s1. The van der Waals surface area contributed by atoms with E-state index >= 15 is 0 Å². The Morgan fingerprint density at radius 1 is 1.40 bits per heavy atom. The zero-order valence-electron chi connectivity index (χ0n) is 8.48. The summed E-state index contributed by atoms with van der Waals surface area (Å²) in [7, 11) is -0.535. The summed E-state index contributed by atoms with van der Waals surface area (Å²) < 4.78 is 10.3. The first-order valence-electron chi connectivity index (χ1n) is 4.74. The first-order chi connectivity index (χ1) is 7.04. The van der Waals surface area contributed by atoms with E-state index in [0.717, 1.165) is 0 Å². The van der Waals surface area contributed by atoms with Gasteiger partial charge in [0.25, 0.3) is 0 Å². The van der Waals surface area contributed by atoms with Gasteiger partial charge in [0.2, 0.25) is 0 Å². The quantitative estimate of drug-likeness (QED) is 0.478. The van der Waals surface area contributed by atoms with Gasteiger partial charge in [-0.25, -0.2) is 0 Å². The summed E-state index contributed by atoms with van der Waals surface area (Å²) in [4.78, 5) is 17.5. The molecule has 0 saturated carbocycles. The van der Waals surface area contributed by atoms with Crippen LogP contribution in [0.2, 0.25) is 0 Å². The second-order valence-electron chi connectivity index (χ2n) is 3.52. The molecule has 1 fully saturated rings. The minimum Gasteiger partial charge on any atom is -0.390 e. The molecule has 1 heterocycles. The number of aliphatic hydroxyl groups excluding tert-OH is 2. The van der Waals surface area contributed by atoms with Gasteiger partial charge < -0.3 is 29.5 Å². The molecule has 0 aromatic carbocycles. The molecule has 0 bridgehead atoms. The topological polar surface area (TPSA) is 99.4 Å². The fourth-order valence-electron chi connectivity index (χ4n) is 1.55. The third-order valence-electron chi connectivity index (χ3n) is 2.41. The normalized spacial score (nSPS) is 37.2. The van der Waals surface area contributed by atoms with Gasteiger partial charge in [0.1, 0.15) is 6.10 Å². The predicted molar refractivity (Wildman–Crippen MR) is 53.1 cm³/mol. The molecule has 4 N–H and O–H groups in total. The van der Waals surface area contributed by atoms with Gasteiger partial charge in [0.05, 0.1) is 12.2 Å². The number of hydrogen-bond donors (Lipinski definition) is 4. The van der Waals surface area contributed by atoms with Crippen molar-refractivity contribution >= 4 is 8.38 Å². The Morgan fingerprint density at radius 2 is 2.07 bits per heavy atom. The maximum Gasteiger partial charge on any atom is 0.165 e. The first kappa shape index (κ1) is 13.3. The van der Waals surface area contributed by atoms with Crippen molar-refractivity contribution in [3.8, 4) is 0 Å². The maximum absolute atomic E-state index is 9.58. The second-order valence-corrected chi connectivity index (χ2v) is 4.71. The third kappa shape index (κ3) is 3.92. The number of aliphatic hydroxyl groups is 2. The molecule has 6 nitrogen and oxygen atoms in total. The molecule has 0 aromatic heterocycles. The summed E-state index contributed by atoms with van der Waals surface area (Å²) in [5.41, 5.74) is 0. The van der Waals surface area contributed by atoms with Gasteiger partial charge in [-0.2, -0.15) is 0 Å². The van der Waals surface area contributed by atoms with Crippen molar-refractivity contribution in [2.45, 2.75) is 37.4 Å². The van der Waals surface area contributed by atoms with Crippen LogP contribution >= 0.6 is 8.38 Å². The third-order valence-corrected chi connectivity index (χ3v) is 3.07. The van der Waals surface area contributed by atoms with Gasteiger partial charge in [-0.15, -0.1) is 0 Å². The minimum absolute atomic E-state index is 0.153. The average Bonchev–Trinajstić information content (AvgIpc) is 2.19. The molecule has 90 valence electrons. The van der Waals surface area contributed by atoms with E-state index in [0.29, 0.717) is 0 Å². The fourth-order valence-corrected chi connectivity index (χ4v) is 2.03. The van der Waals surface area contributed by atoms with Crippen molar-refractivity contribution in [2.75, 3.05) is 13.3 Å². The summed E-state index contributed by atoms with van der Waals surface area (Å²) in [6.45, 7) is 0. The van der Waals surface area contributed by atoms with Crippen molar-refractivity contribution < 1.29 is 29.5 Å². The molecule has 1 aliphatic rings. The van der Waals surface area contributed by atoms with Gasteiger partial charge in [-0.3, -0.25) is 0 Å². The van der Waals surface area contributed by atoms with Crippen LogP contribution in [0.4, 0.5) is 0 Å². The molecule has 1 saturated heterocycles. The van der Waals surface area contributed by atoms with Crippen molar-refractivity contribution in [1.29, 1.82) is 0 Å². The molecule has 1 aliphatic heterocycles. The molecule has 0 amide bonds. The van der Waals surface area contributed by atoms with Gasteiger partial charge in [-0.05, 0) is 6.42 Å². The van der Waals surface area contributed by atoms with Crippen LogP contribution in [0.1, 0.15) is 12.8 Å². The molecular weight excluding hydrogens is 223 g/mol. The van der Waals surface area contributed by atoms with Gasteiger partial charge in [0.15, 0.2) is 14.7 Å². The Balaban J connectivity index is 2.45. The highest BCUT2D eigenvalue weighted by Crippen LogP contribution is 2.29. The summed E-state index contributed by atoms with van der Waals surface area (Å²) >= 11 is 0. The Morgan fingerprint density at radius 3 is 2.60 bits per heavy atom. The highest BCUT2D eigenvalue weighted by Gasteiger charge is 2.36.